The number of carbonyl (C=O) groups excluding carboxylic acids is 3. The Labute approximate surface area is 392 Å². The number of unbranched alkanes of at least 4 members (excludes halogenated alkanes) is 17. The van der Waals surface area contributed by atoms with Crippen molar-refractivity contribution in [3.8, 4) is 0 Å². The van der Waals surface area contributed by atoms with Crippen LogP contribution in [0.2, 0.25) is 0 Å². The summed E-state index contributed by atoms with van der Waals surface area (Å²) in [5.74, 6) is -3.19. The fourth-order valence-corrected chi connectivity index (χ4v) is 7.16. The predicted octanol–water partition coefficient (Wildman–Crippen LogP) is 11.7. The first kappa shape index (κ1) is 59.4. The molecule has 12 nitrogen and oxygen atoms in total. The molecule has 6 atom stereocenters. The standard InChI is InChI=1S/C53H88O12/c1-4-7-10-13-16-19-21-22-23-24-26-28-30-33-36-39-45(54)61-42-44(63-46(55)40-37-34-31-27-18-15-12-9-6-3)43-62-53-51(49(58)48(57)50(65-53)52(59)60)64-47(56)41-38-35-32-29-25-20-17-14-11-8-5-2/h7,10,14,16-17,19,22-23,26,28,44,48-51,53,57-58H,4-6,8-9,11-13,15,18,20-21,24-25,27,29-43H2,1-3H3,(H,59,60)/b10-7-,17-14-,19-16-,23-22-,28-26-. The number of ether oxygens (including phenoxy) is 5. The maximum atomic E-state index is 13.0. The number of carboxylic acid groups (broad SMARTS) is 1. The van der Waals surface area contributed by atoms with E-state index in [1.165, 1.54) is 44.9 Å². The summed E-state index contributed by atoms with van der Waals surface area (Å²) in [5, 5.41) is 31.2. The van der Waals surface area contributed by atoms with Crippen molar-refractivity contribution < 1.29 is 58.2 Å². The molecule has 0 aromatic rings. The number of allylic oxidation sites excluding steroid dienone is 10. The molecule has 65 heavy (non-hydrogen) atoms. The van der Waals surface area contributed by atoms with Crippen LogP contribution >= 0.6 is 0 Å². The molecule has 12 heteroatoms. The van der Waals surface area contributed by atoms with Gasteiger partial charge < -0.3 is 39.0 Å². The van der Waals surface area contributed by atoms with Crippen molar-refractivity contribution in [1.82, 2.24) is 0 Å². The van der Waals surface area contributed by atoms with Gasteiger partial charge in [0.05, 0.1) is 6.61 Å². The van der Waals surface area contributed by atoms with Gasteiger partial charge in [0, 0.05) is 19.3 Å². The molecule has 0 aromatic carbocycles. The zero-order chi connectivity index (χ0) is 47.6. The van der Waals surface area contributed by atoms with E-state index >= 15 is 0 Å². The van der Waals surface area contributed by atoms with Crippen molar-refractivity contribution in [3.63, 3.8) is 0 Å². The number of carboxylic acids is 1. The number of rotatable bonds is 41. The summed E-state index contributed by atoms with van der Waals surface area (Å²) in [5.41, 5.74) is 0. The number of hydrogen-bond acceptors (Lipinski definition) is 11. The molecule has 0 spiro atoms. The highest BCUT2D eigenvalue weighted by molar-refractivity contribution is 5.74. The van der Waals surface area contributed by atoms with Crippen LogP contribution in [0.5, 0.6) is 0 Å². The highest BCUT2D eigenvalue weighted by Crippen LogP contribution is 2.26. The van der Waals surface area contributed by atoms with Crippen molar-refractivity contribution in [3.05, 3.63) is 60.8 Å². The third-order valence-corrected chi connectivity index (χ3v) is 11.1. The van der Waals surface area contributed by atoms with Crippen molar-refractivity contribution in [1.29, 1.82) is 0 Å². The van der Waals surface area contributed by atoms with E-state index in [9.17, 15) is 34.5 Å². The van der Waals surface area contributed by atoms with Crippen LogP contribution in [0, 0.1) is 0 Å². The number of aliphatic hydroxyl groups is 2. The maximum Gasteiger partial charge on any atom is 0.335 e. The number of esters is 3. The molecule has 372 valence electrons. The first-order chi connectivity index (χ1) is 31.6. The van der Waals surface area contributed by atoms with E-state index in [-0.39, 0.29) is 25.9 Å². The lowest BCUT2D eigenvalue weighted by Gasteiger charge is -2.40. The molecule has 1 aliphatic heterocycles. The van der Waals surface area contributed by atoms with E-state index in [1.807, 2.05) is 0 Å². The zero-order valence-corrected chi connectivity index (χ0v) is 40.5. The molecule has 3 N–H and O–H groups in total. The van der Waals surface area contributed by atoms with E-state index in [2.05, 4.69) is 81.5 Å². The Morgan fingerprint density at radius 1 is 0.523 bits per heavy atom. The van der Waals surface area contributed by atoms with Crippen LogP contribution in [0.1, 0.15) is 201 Å². The fourth-order valence-electron chi connectivity index (χ4n) is 7.16. The van der Waals surface area contributed by atoms with Gasteiger partial charge in [0.1, 0.15) is 18.8 Å². The third kappa shape index (κ3) is 32.7. The number of hydrogen-bond donors (Lipinski definition) is 3. The monoisotopic (exact) mass is 917 g/mol. The van der Waals surface area contributed by atoms with Crippen LogP contribution < -0.4 is 0 Å². The fraction of sp³-hybridized carbons (Fsp3) is 0.736. The molecular formula is C53H88O12. The Morgan fingerprint density at radius 3 is 1.57 bits per heavy atom. The van der Waals surface area contributed by atoms with E-state index in [0.29, 0.717) is 19.3 Å². The molecule has 1 saturated heterocycles. The second-order valence-electron chi connectivity index (χ2n) is 17.1. The normalized spacial score (nSPS) is 19.6. The van der Waals surface area contributed by atoms with Gasteiger partial charge in [-0.3, -0.25) is 14.4 Å². The number of carbonyl (C=O) groups is 4. The summed E-state index contributed by atoms with van der Waals surface area (Å²) in [7, 11) is 0. The zero-order valence-electron chi connectivity index (χ0n) is 40.5. The van der Waals surface area contributed by atoms with Gasteiger partial charge in [-0.2, -0.15) is 0 Å². The minimum atomic E-state index is -1.91. The minimum absolute atomic E-state index is 0.0454. The van der Waals surface area contributed by atoms with Crippen LogP contribution in [-0.4, -0.2) is 89.2 Å². The van der Waals surface area contributed by atoms with Crippen molar-refractivity contribution in [2.75, 3.05) is 13.2 Å². The SMILES string of the molecule is CC/C=C\C/C=C\C/C=C\C/C=C\CCCCC(=O)OCC(COC1OC(C(=O)O)C(O)C(O)C1OC(=O)CCCCCCC/C=C\CCCC)OC(=O)CCCCCCCCCCC. The second kappa shape index (κ2) is 41.8. The van der Waals surface area contributed by atoms with Crippen molar-refractivity contribution in [2.45, 2.75) is 237 Å². The van der Waals surface area contributed by atoms with Crippen molar-refractivity contribution in [2.24, 2.45) is 0 Å². The Bertz CT molecular complexity index is 1370. The van der Waals surface area contributed by atoms with Gasteiger partial charge in [0.15, 0.2) is 24.6 Å². The smallest absolute Gasteiger partial charge is 0.335 e. The van der Waals surface area contributed by atoms with Crippen LogP contribution in [0.4, 0.5) is 0 Å². The van der Waals surface area contributed by atoms with Gasteiger partial charge >= 0.3 is 23.9 Å². The average Bonchev–Trinajstić information content (AvgIpc) is 3.29. The molecule has 6 unspecified atom stereocenters. The molecule has 0 aliphatic carbocycles. The van der Waals surface area contributed by atoms with Crippen LogP contribution in [0.15, 0.2) is 60.8 Å². The summed E-state index contributed by atoms with van der Waals surface area (Å²) < 4.78 is 28.1. The summed E-state index contributed by atoms with van der Waals surface area (Å²) in [4.78, 5) is 50.6. The quantitative estimate of drug-likeness (QED) is 0.0229. The number of aliphatic hydroxyl groups excluding tert-OH is 2. The van der Waals surface area contributed by atoms with Gasteiger partial charge in [-0.05, 0) is 77.0 Å². The number of aliphatic carboxylic acids is 1. The van der Waals surface area contributed by atoms with Gasteiger partial charge in [-0.25, -0.2) is 4.79 Å². The summed E-state index contributed by atoms with van der Waals surface area (Å²) in [6, 6.07) is 0. The Balaban J connectivity index is 2.76. The van der Waals surface area contributed by atoms with E-state index in [4.69, 9.17) is 23.7 Å². The average molecular weight is 917 g/mol. The van der Waals surface area contributed by atoms with Crippen LogP contribution in [-0.2, 0) is 42.9 Å². The highest BCUT2D eigenvalue weighted by atomic mass is 16.7. The lowest BCUT2D eigenvalue weighted by atomic mass is 9.98. The largest absolute Gasteiger partial charge is 0.479 e. The predicted molar refractivity (Wildman–Crippen MR) is 257 cm³/mol. The van der Waals surface area contributed by atoms with E-state index < -0.39 is 67.3 Å². The molecule has 0 amide bonds. The van der Waals surface area contributed by atoms with Crippen LogP contribution in [0.25, 0.3) is 0 Å². The molecule has 0 bridgehead atoms. The van der Waals surface area contributed by atoms with E-state index in [1.54, 1.807) is 0 Å². The Hall–Kier alpha value is -3.58. The third-order valence-electron chi connectivity index (χ3n) is 11.1. The summed E-state index contributed by atoms with van der Waals surface area (Å²) >= 11 is 0. The Kier molecular flexibility index (Phi) is 38.2. The molecule has 1 rings (SSSR count). The first-order valence-electron chi connectivity index (χ1n) is 25.3. The van der Waals surface area contributed by atoms with Gasteiger partial charge in [0.2, 0.25) is 0 Å². The van der Waals surface area contributed by atoms with E-state index in [0.717, 1.165) is 96.3 Å². The molecule has 1 aliphatic rings. The summed E-state index contributed by atoms with van der Waals surface area (Å²) in [6.07, 6.45) is 36.6. The topological polar surface area (TPSA) is 175 Å². The molecule has 0 aromatic heterocycles. The highest BCUT2D eigenvalue weighted by Gasteiger charge is 2.50. The molecule has 0 saturated carbocycles. The van der Waals surface area contributed by atoms with Gasteiger partial charge in [0.25, 0.3) is 0 Å². The first-order valence-corrected chi connectivity index (χ1v) is 25.3. The lowest BCUT2D eigenvalue weighted by molar-refractivity contribution is -0.301. The Morgan fingerprint density at radius 2 is 0.985 bits per heavy atom. The second-order valence-corrected chi connectivity index (χ2v) is 17.1. The summed E-state index contributed by atoms with van der Waals surface area (Å²) in [6.45, 7) is 5.73. The van der Waals surface area contributed by atoms with Gasteiger partial charge in [-0.15, -0.1) is 0 Å². The maximum absolute atomic E-state index is 13.0. The van der Waals surface area contributed by atoms with Crippen molar-refractivity contribution >= 4 is 23.9 Å². The molecular weight excluding hydrogens is 829 g/mol. The van der Waals surface area contributed by atoms with Crippen LogP contribution in [0.3, 0.4) is 0 Å². The lowest BCUT2D eigenvalue weighted by Crippen LogP contribution is -2.61. The molecule has 1 fully saturated rings. The van der Waals surface area contributed by atoms with Gasteiger partial charge in [-0.1, -0.05) is 165 Å². The molecule has 1 heterocycles. The minimum Gasteiger partial charge on any atom is -0.479 e. The molecule has 0 radical (unpaired) electrons.